The quantitative estimate of drug-likeness (QED) is 0.630. The van der Waals surface area contributed by atoms with E-state index in [2.05, 4.69) is 35.3 Å². The molecule has 0 atom stereocenters. The largest absolute Gasteiger partial charge is 0.396 e. The standard InChI is InChI=1S/C13H24N2OS/c1-2-6-15-7-4-13(12-15)11-14-5-10-17-9-3-8-16/h4,7,12,14,16H,2-3,5-6,8-11H2,1H3. The van der Waals surface area contributed by atoms with Gasteiger partial charge in [0.1, 0.15) is 0 Å². The van der Waals surface area contributed by atoms with Crippen molar-refractivity contribution in [3.63, 3.8) is 0 Å². The Balaban J connectivity index is 2.01. The third-order valence-corrected chi connectivity index (χ3v) is 3.56. The Hall–Kier alpha value is -0.450. The maximum Gasteiger partial charge on any atom is 0.0438 e. The summed E-state index contributed by atoms with van der Waals surface area (Å²) in [6.45, 7) is 5.61. The first kappa shape index (κ1) is 14.6. The van der Waals surface area contributed by atoms with Crippen LogP contribution in [0.25, 0.3) is 0 Å². The van der Waals surface area contributed by atoms with E-state index in [-0.39, 0.29) is 0 Å². The molecule has 4 heteroatoms. The van der Waals surface area contributed by atoms with Crippen molar-refractivity contribution in [2.75, 3.05) is 24.7 Å². The van der Waals surface area contributed by atoms with E-state index < -0.39 is 0 Å². The highest BCUT2D eigenvalue weighted by atomic mass is 32.2. The van der Waals surface area contributed by atoms with Crippen molar-refractivity contribution < 1.29 is 5.11 Å². The van der Waals surface area contributed by atoms with E-state index in [1.54, 1.807) is 0 Å². The number of aliphatic hydroxyl groups excluding tert-OH is 1. The van der Waals surface area contributed by atoms with Gasteiger partial charge < -0.3 is 15.0 Å². The number of aryl methyl sites for hydroxylation is 1. The molecule has 0 amide bonds. The average Bonchev–Trinajstić information content (AvgIpc) is 2.76. The molecule has 0 aliphatic carbocycles. The first-order valence-corrected chi connectivity index (χ1v) is 7.56. The highest BCUT2D eigenvalue weighted by Gasteiger charge is 1.96. The van der Waals surface area contributed by atoms with E-state index >= 15 is 0 Å². The summed E-state index contributed by atoms with van der Waals surface area (Å²) in [5.74, 6) is 2.18. The van der Waals surface area contributed by atoms with Gasteiger partial charge in [0.15, 0.2) is 0 Å². The first-order chi connectivity index (χ1) is 8.36. The van der Waals surface area contributed by atoms with Crippen molar-refractivity contribution in [1.82, 2.24) is 9.88 Å². The van der Waals surface area contributed by atoms with Crippen LogP contribution in [0.1, 0.15) is 25.3 Å². The number of hydrogen-bond donors (Lipinski definition) is 2. The van der Waals surface area contributed by atoms with Crippen molar-refractivity contribution in [2.45, 2.75) is 32.9 Å². The Morgan fingerprint density at radius 1 is 1.41 bits per heavy atom. The minimum absolute atomic E-state index is 0.311. The molecule has 0 bridgehead atoms. The van der Waals surface area contributed by atoms with Crippen LogP contribution in [-0.4, -0.2) is 34.3 Å². The van der Waals surface area contributed by atoms with Gasteiger partial charge in [-0.1, -0.05) is 6.92 Å². The number of nitrogens with zero attached hydrogens (tertiary/aromatic N) is 1. The zero-order valence-corrected chi connectivity index (χ0v) is 11.5. The minimum atomic E-state index is 0.311. The molecule has 2 N–H and O–H groups in total. The van der Waals surface area contributed by atoms with Crippen LogP contribution in [0.5, 0.6) is 0 Å². The second kappa shape index (κ2) is 9.57. The summed E-state index contributed by atoms with van der Waals surface area (Å²) in [4.78, 5) is 0. The summed E-state index contributed by atoms with van der Waals surface area (Å²) in [7, 11) is 0. The Bertz CT molecular complexity index is 289. The van der Waals surface area contributed by atoms with Gasteiger partial charge >= 0.3 is 0 Å². The number of nitrogens with one attached hydrogen (secondary N) is 1. The molecule has 0 radical (unpaired) electrons. The average molecular weight is 256 g/mol. The van der Waals surface area contributed by atoms with Gasteiger partial charge in [0.25, 0.3) is 0 Å². The molecule has 1 aromatic rings. The van der Waals surface area contributed by atoms with Crippen LogP contribution in [0.4, 0.5) is 0 Å². The van der Waals surface area contributed by atoms with Crippen molar-refractivity contribution >= 4 is 11.8 Å². The highest BCUT2D eigenvalue weighted by molar-refractivity contribution is 7.99. The van der Waals surface area contributed by atoms with Gasteiger partial charge in [0.05, 0.1) is 0 Å². The summed E-state index contributed by atoms with van der Waals surface area (Å²) in [5, 5.41) is 12.1. The zero-order chi connectivity index (χ0) is 12.3. The molecule has 0 aromatic carbocycles. The maximum atomic E-state index is 8.63. The van der Waals surface area contributed by atoms with Gasteiger partial charge in [-0.25, -0.2) is 0 Å². The lowest BCUT2D eigenvalue weighted by Crippen LogP contribution is -2.16. The summed E-state index contributed by atoms with van der Waals surface area (Å²) in [5.41, 5.74) is 1.36. The normalized spacial score (nSPS) is 10.9. The van der Waals surface area contributed by atoms with Gasteiger partial charge in [-0.2, -0.15) is 11.8 Å². The summed E-state index contributed by atoms with van der Waals surface area (Å²) < 4.78 is 2.24. The fourth-order valence-electron chi connectivity index (χ4n) is 1.64. The molecule has 0 unspecified atom stereocenters. The van der Waals surface area contributed by atoms with Crippen molar-refractivity contribution in [3.8, 4) is 0 Å². The monoisotopic (exact) mass is 256 g/mol. The summed E-state index contributed by atoms with van der Waals surface area (Å²) >= 11 is 1.90. The molecule has 1 rings (SSSR count). The fraction of sp³-hybridized carbons (Fsp3) is 0.692. The lowest BCUT2D eigenvalue weighted by Gasteiger charge is -2.03. The molecule has 0 saturated heterocycles. The van der Waals surface area contributed by atoms with Crippen molar-refractivity contribution in [3.05, 3.63) is 24.0 Å². The molecule has 0 aliphatic heterocycles. The molecule has 3 nitrogen and oxygen atoms in total. The van der Waals surface area contributed by atoms with Crippen LogP contribution in [-0.2, 0) is 13.1 Å². The number of aliphatic hydroxyl groups is 1. The molecule has 0 fully saturated rings. The highest BCUT2D eigenvalue weighted by Crippen LogP contribution is 2.03. The summed E-state index contributed by atoms with van der Waals surface area (Å²) in [6, 6.07) is 2.18. The molecule has 0 saturated carbocycles. The van der Waals surface area contributed by atoms with Gasteiger partial charge in [-0.3, -0.25) is 0 Å². The maximum absolute atomic E-state index is 8.63. The van der Waals surface area contributed by atoms with Gasteiger partial charge in [0, 0.05) is 44.4 Å². The Morgan fingerprint density at radius 2 is 2.29 bits per heavy atom. The predicted molar refractivity (Wildman–Crippen MR) is 75.5 cm³/mol. The van der Waals surface area contributed by atoms with Crippen LogP contribution in [0, 0.1) is 0 Å². The first-order valence-electron chi connectivity index (χ1n) is 6.40. The van der Waals surface area contributed by atoms with Crippen molar-refractivity contribution in [1.29, 1.82) is 0 Å². The number of aromatic nitrogens is 1. The molecule has 17 heavy (non-hydrogen) atoms. The molecule has 1 aromatic heterocycles. The fourth-order valence-corrected chi connectivity index (χ4v) is 2.46. The molecule has 1 heterocycles. The Labute approximate surface area is 109 Å². The van der Waals surface area contributed by atoms with E-state index in [9.17, 15) is 0 Å². The van der Waals surface area contributed by atoms with E-state index in [1.165, 1.54) is 12.0 Å². The molecule has 0 spiro atoms. The molecule has 0 aliphatic rings. The lowest BCUT2D eigenvalue weighted by atomic mass is 10.3. The van der Waals surface area contributed by atoms with Gasteiger partial charge in [-0.15, -0.1) is 0 Å². The number of thioether (sulfide) groups is 1. The van der Waals surface area contributed by atoms with E-state index in [4.69, 9.17) is 5.11 Å². The Morgan fingerprint density at radius 3 is 3.06 bits per heavy atom. The topological polar surface area (TPSA) is 37.2 Å². The Kier molecular flexibility index (Phi) is 8.22. The van der Waals surface area contributed by atoms with E-state index in [1.807, 2.05) is 11.8 Å². The second-order valence-electron chi connectivity index (χ2n) is 4.12. The lowest BCUT2D eigenvalue weighted by molar-refractivity contribution is 0.296. The van der Waals surface area contributed by atoms with Gasteiger partial charge in [0.2, 0.25) is 0 Å². The smallest absolute Gasteiger partial charge is 0.0438 e. The van der Waals surface area contributed by atoms with Crippen LogP contribution in [0.15, 0.2) is 18.5 Å². The third-order valence-electron chi connectivity index (χ3n) is 2.49. The number of hydrogen-bond acceptors (Lipinski definition) is 3. The number of rotatable bonds is 10. The molecular formula is C13H24N2OS. The minimum Gasteiger partial charge on any atom is -0.396 e. The van der Waals surface area contributed by atoms with Crippen molar-refractivity contribution in [2.24, 2.45) is 0 Å². The zero-order valence-electron chi connectivity index (χ0n) is 10.7. The third kappa shape index (κ3) is 6.76. The van der Waals surface area contributed by atoms with Crippen LogP contribution < -0.4 is 5.32 Å². The van der Waals surface area contributed by atoms with Crippen LogP contribution >= 0.6 is 11.8 Å². The summed E-state index contributed by atoms with van der Waals surface area (Å²) in [6.07, 6.45) is 6.46. The van der Waals surface area contributed by atoms with E-state index in [0.717, 1.165) is 37.6 Å². The molecular weight excluding hydrogens is 232 g/mol. The van der Waals surface area contributed by atoms with Gasteiger partial charge in [-0.05, 0) is 30.2 Å². The predicted octanol–water partition coefficient (Wildman–Crippen LogP) is 2.10. The molecule has 98 valence electrons. The van der Waals surface area contributed by atoms with Crippen LogP contribution in [0.2, 0.25) is 0 Å². The SMILES string of the molecule is CCCn1ccc(CNCCSCCCO)c1. The van der Waals surface area contributed by atoms with Crippen LogP contribution in [0.3, 0.4) is 0 Å². The second-order valence-corrected chi connectivity index (χ2v) is 5.35. The van der Waals surface area contributed by atoms with E-state index in [0.29, 0.717) is 6.61 Å².